The summed E-state index contributed by atoms with van der Waals surface area (Å²) in [5.41, 5.74) is 6.51. The number of hydrogen-bond acceptors (Lipinski definition) is 9. The average Bonchev–Trinajstić information content (AvgIpc) is 3.67. The zero-order valence-electron chi connectivity index (χ0n) is 23.3. The molecule has 4 N–H and O–H groups in total. The number of benzodiazepines with no additional fused rings is 1. The number of nitrogens with zero attached hydrogens (tertiary/aromatic N) is 4. The summed E-state index contributed by atoms with van der Waals surface area (Å²) in [6.45, 7) is 0.864. The molecule has 44 heavy (non-hydrogen) atoms. The number of nitrogens with two attached hydrogens (primary N) is 1. The predicted octanol–water partition coefficient (Wildman–Crippen LogP) is 4.58. The predicted molar refractivity (Wildman–Crippen MR) is 160 cm³/mol. The molecular weight excluding hydrogens is 595 g/mol. The number of aromatic nitrogens is 1. The summed E-state index contributed by atoms with van der Waals surface area (Å²) in [5.74, 6) is -1.13. The number of fused-ring (bicyclic) bond motifs is 2. The van der Waals surface area contributed by atoms with Gasteiger partial charge < -0.3 is 25.4 Å². The van der Waals surface area contributed by atoms with Crippen molar-refractivity contribution in [2.24, 2.45) is 15.7 Å². The Morgan fingerprint density at radius 1 is 1.18 bits per heavy atom. The maximum Gasteiger partial charge on any atom is 0.400 e. The van der Waals surface area contributed by atoms with E-state index in [1.165, 1.54) is 0 Å². The standard InChI is InChI=1S/C30H28F3N7O3S/c31-30(32,33)29(11-6-12-29)27-38-22(26(44-27)40-13-14-42-20-15-19(20)40)23(34)43-28(35)39-24-25(41)36-18-10-5-4-9-17(18)21(37-24)16-7-2-1-3-8-16/h1-5,7-10,19-20,24,34H,6,11-15H2,(H2,35,39)(H,36,41)/t19-,20+,24-/m1/s1. The number of halogens is 3. The third-order valence-corrected chi connectivity index (χ3v) is 9.73. The van der Waals surface area contributed by atoms with Gasteiger partial charge in [0.25, 0.3) is 11.9 Å². The van der Waals surface area contributed by atoms with Crippen molar-refractivity contribution in [2.75, 3.05) is 23.4 Å². The molecule has 0 radical (unpaired) electrons. The first-order valence-corrected chi connectivity index (χ1v) is 15.1. The van der Waals surface area contributed by atoms with Crippen molar-refractivity contribution in [1.29, 1.82) is 5.41 Å². The normalized spacial score (nSPS) is 24.2. The van der Waals surface area contributed by atoms with Crippen molar-refractivity contribution in [3.63, 3.8) is 0 Å². The van der Waals surface area contributed by atoms with E-state index in [1.807, 2.05) is 47.4 Å². The lowest BCUT2D eigenvalue weighted by Gasteiger charge is -2.41. The first kappa shape index (κ1) is 28.5. The van der Waals surface area contributed by atoms with Gasteiger partial charge in [-0.15, -0.1) is 0 Å². The van der Waals surface area contributed by atoms with Gasteiger partial charge in [0, 0.05) is 17.7 Å². The highest BCUT2D eigenvalue weighted by Gasteiger charge is 2.62. The average molecular weight is 624 g/mol. The molecule has 3 heterocycles. The lowest BCUT2D eigenvalue weighted by molar-refractivity contribution is -0.212. The Labute approximate surface area is 254 Å². The molecular formula is C30H28F3N7O3S. The second kappa shape index (κ2) is 10.7. The van der Waals surface area contributed by atoms with Crippen molar-refractivity contribution in [2.45, 2.75) is 55.6 Å². The summed E-state index contributed by atoms with van der Waals surface area (Å²) in [7, 11) is 0. The summed E-state index contributed by atoms with van der Waals surface area (Å²) in [6, 6.07) is 15.9. The third kappa shape index (κ3) is 4.91. The number of ether oxygens (including phenoxy) is 2. The number of hydrogen-bond donors (Lipinski definition) is 3. The first-order chi connectivity index (χ1) is 21.1. The molecule has 10 nitrogen and oxygen atoms in total. The Balaban J connectivity index is 1.21. The van der Waals surface area contributed by atoms with Gasteiger partial charge in [-0.2, -0.15) is 18.2 Å². The van der Waals surface area contributed by atoms with Gasteiger partial charge in [0.1, 0.15) is 15.4 Å². The number of thiazole rings is 1. The molecule has 3 fully saturated rings. The van der Waals surface area contributed by atoms with Crippen molar-refractivity contribution >= 4 is 45.6 Å². The van der Waals surface area contributed by atoms with Crippen LogP contribution in [-0.4, -0.2) is 66.2 Å². The van der Waals surface area contributed by atoms with E-state index < -0.39 is 35.6 Å². The molecule has 4 aliphatic rings. The van der Waals surface area contributed by atoms with Gasteiger partial charge in [-0.3, -0.25) is 10.2 Å². The van der Waals surface area contributed by atoms with Crippen LogP contribution in [0.2, 0.25) is 0 Å². The third-order valence-electron chi connectivity index (χ3n) is 8.44. The van der Waals surface area contributed by atoms with Gasteiger partial charge in [0.2, 0.25) is 12.1 Å². The minimum atomic E-state index is -4.48. The largest absolute Gasteiger partial charge is 0.405 e. The molecule has 1 amide bonds. The van der Waals surface area contributed by atoms with Gasteiger partial charge in [-0.1, -0.05) is 66.3 Å². The van der Waals surface area contributed by atoms with E-state index in [-0.39, 0.29) is 35.7 Å². The number of benzene rings is 2. The molecule has 228 valence electrons. The lowest BCUT2D eigenvalue weighted by atomic mass is 9.68. The molecule has 0 bridgehead atoms. The smallest absolute Gasteiger partial charge is 0.400 e. The number of amidine groups is 1. The second-order valence-corrected chi connectivity index (χ2v) is 12.1. The Morgan fingerprint density at radius 3 is 2.66 bits per heavy atom. The number of morpholine rings is 1. The van der Waals surface area contributed by atoms with Crippen LogP contribution in [0, 0.1) is 5.41 Å². The number of nitrogens with one attached hydrogen (secondary N) is 2. The van der Waals surface area contributed by atoms with Gasteiger partial charge in [-0.25, -0.2) is 9.98 Å². The second-order valence-electron chi connectivity index (χ2n) is 11.2. The highest BCUT2D eigenvalue weighted by atomic mass is 32.1. The molecule has 14 heteroatoms. The quantitative estimate of drug-likeness (QED) is 0.281. The number of para-hydroxylation sites is 1. The lowest BCUT2D eigenvalue weighted by Crippen LogP contribution is -2.48. The molecule has 3 atom stereocenters. The number of carbonyl (C=O) groups is 1. The van der Waals surface area contributed by atoms with Gasteiger partial charge in [0.15, 0.2) is 5.69 Å². The minimum Gasteiger partial charge on any atom is -0.405 e. The Bertz CT molecular complexity index is 1690. The number of carbonyl (C=O) groups excluding carboxylic acids is 1. The Kier molecular flexibility index (Phi) is 6.92. The molecule has 1 aromatic heterocycles. The minimum absolute atomic E-state index is 0.0000897. The number of amides is 1. The topological polar surface area (TPSA) is 138 Å². The molecule has 1 saturated heterocycles. The van der Waals surface area contributed by atoms with Crippen molar-refractivity contribution in [1.82, 2.24) is 4.98 Å². The van der Waals surface area contributed by atoms with Crippen molar-refractivity contribution in [3.05, 3.63) is 76.4 Å². The van der Waals surface area contributed by atoms with E-state index in [9.17, 15) is 18.0 Å². The van der Waals surface area contributed by atoms with Crippen molar-refractivity contribution in [3.8, 4) is 0 Å². The van der Waals surface area contributed by atoms with Crippen LogP contribution in [0.5, 0.6) is 0 Å². The van der Waals surface area contributed by atoms with Crippen LogP contribution in [0.4, 0.5) is 23.9 Å². The molecule has 2 aliphatic heterocycles. The SMILES string of the molecule is N=C(O/C(N)=N/[C@H]1N=C(c2ccccc2)c2ccccc2NC1=O)c1nc(C2(C(F)(F)F)CCC2)sc1N1CCO[C@H]2C[C@H]21. The molecule has 3 aromatic rings. The van der Waals surface area contributed by atoms with Crippen LogP contribution in [0.15, 0.2) is 64.6 Å². The highest BCUT2D eigenvalue weighted by Crippen LogP contribution is 2.57. The Hall–Kier alpha value is -4.30. The number of aliphatic imine (C=N–C) groups is 2. The maximum atomic E-state index is 14.3. The van der Waals surface area contributed by atoms with E-state index >= 15 is 0 Å². The maximum absolute atomic E-state index is 14.3. The van der Waals surface area contributed by atoms with Crippen LogP contribution >= 0.6 is 11.3 Å². The molecule has 0 spiro atoms. The summed E-state index contributed by atoms with van der Waals surface area (Å²) < 4.78 is 54.0. The van der Waals surface area contributed by atoms with Gasteiger partial charge in [-0.05, 0) is 25.3 Å². The fourth-order valence-electron chi connectivity index (χ4n) is 5.85. The van der Waals surface area contributed by atoms with E-state index in [1.54, 1.807) is 12.1 Å². The van der Waals surface area contributed by atoms with Crippen LogP contribution in [0.1, 0.15) is 47.5 Å². The fraction of sp³-hybridized carbons (Fsp3) is 0.367. The summed E-state index contributed by atoms with van der Waals surface area (Å²) >= 11 is 0.943. The first-order valence-electron chi connectivity index (χ1n) is 14.2. The Morgan fingerprint density at radius 2 is 1.93 bits per heavy atom. The van der Waals surface area contributed by atoms with Crippen LogP contribution < -0.4 is 16.0 Å². The molecule has 2 aromatic carbocycles. The number of anilines is 2. The van der Waals surface area contributed by atoms with E-state index in [0.29, 0.717) is 41.5 Å². The van der Waals surface area contributed by atoms with E-state index in [2.05, 4.69) is 20.3 Å². The van der Waals surface area contributed by atoms with Gasteiger partial charge >= 0.3 is 6.18 Å². The summed E-state index contributed by atoms with van der Waals surface area (Å²) in [5, 5.41) is 11.9. The summed E-state index contributed by atoms with van der Waals surface area (Å²) in [4.78, 5) is 28.3. The number of alkyl halides is 3. The van der Waals surface area contributed by atoms with E-state index in [4.69, 9.17) is 20.6 Å². The van der Waals surface area contributed by atoms with Crippen molar-refractivity contribution < 1.29 is 27.4 Å². The summed E-state index contributed by atoms with van der Waals surface area (Å²) in [6.07, 6.45) is -4.76. The van der Waals surface area contributed by atoms with E-state index in [0.717, 1.165) is 23.3 Å². The monoisotopic (exact) mass is 623 g/mol. The number of rotatable bonds is 5. The highest BCUT2D eigenvalue weighted by molar-refractivity contribution is 7.16. The molecule has 2 saturated carbocycles. The molecule has 0 unspecified atom stereocenters. The zero-order chi connectivity index (χ0) is 30.6. The van der Waals surface area contributed by atoms with Gasteiger partial charge in [0.05, 0.1) is 30.2 Å². The molecule has 7 rings (SSSR count). The van der Waals surface area contributed by atoms with Crippen LogP contribution in [0.25, 0.3) is 0 Å². The fourth-order valence-corrected chi connectivity index (χ4v) is 7.27. The zero-order valence-corrected chi connectivity index (χ0v) is 24.1. The van der Waals surface area contributed by atoms with Crippen LogP contribution in [0.3, 0.4) is 0 Å². The molecule has 2 aliphatic carbocycles. The van der Waals surface area contributed by atoms with Crippen LogP contribution in [-0.2, 0) is 19.7 Å².